The highest BCUT2D eigenvalue weighted by Gasteiger charge is 2.33. The van der Waals surface area contributed by atoms with Crippen molar-refractivity contribution in [2.24, 2.45) is 0 Å². The Labute approximate surface area is 181 Å². The highest BCUT2D eigenvalue weighted by atomic mass is 32.2. The molecular formula is C22H24FN3O4S. The minimum Gasteiger partial charge on any atom is -0.335 e. The van der Waals surface area contributed by atoms with Gasteiger partial charge in [0.1, 0.15) is 5.82 Å². The molecule has 0 aromatic heterocycles. The van der Waals surface area contributed by atoms with E-state index in [0.29, 0.717) is 43.9 Å². The van der Waals surface area contributed by atoms with Crippen LogP contribution in [0, 0.1) is 5.82 Å². The maximum Gasteiger partial charge on any atom is 0.256 e. The zero-order valence-electron chi connectivity index (χ0n) is 17.4. The summed E-state index contributed by atoms with van der Waals surface area (Å²) < 4.78 is 39.5. The molecule has 1 fully saturated rings. The first-order valence-corrected chi connectivity index (χ1v) is 12.0. The first-order valence-electron chi connectivity index (χ1n) is 10.1. The average molecular weight is 446 g/mol. The molecule has 31 heavy (non-hydrogen) atoms. The van der Waals surface area contributed by atoms with Gasteiger partial charge in [-0.05, 0) is 49.2 Å². The lowest BCUT2D eigenvalue weighted by Crippen LogP contribution is -2.50. The molecule has 0 aliphatic carbocycles. The van der Waals surface area contributed by atoms with Crippen molar-refractivity contribution in [2.75, 3.05) is 36.7 Å². The summed E-state index contributed by atoms with van der Waals surface area (Å²) in [6.07, 6.45) is 1.73. The number of fused-ring (bicyclic) bond motifs is 1. The Hall–Kier alpha value is -2.94. The molecule has 0 spiro atoms. The number of anilines is 1. The standard InChI is InChI=1S/C22H24FN3O4S/c1-15-13-17-14-16(7-8-20(17)26(15)31(2,29)30)21(27)24-9-11-25(12-10-24)22(28)18-5-3-4-6-19(18)23/h3-8,14-15H,9-13H2,1-2H3. The Kier molecular flexibility index (Phi) is 5.47. The summed E-state index contributed by atoms with van der Waals surface area (Å²) in [7, 11) is -3.39. The lowest BCUT2D eigenvalue weighted by atomic mass is 10.1. The van der Waals surface area contributed by atoms with Crippen molar-refractivity contribution in [1.29, 1.82) is 0 Å². The molecule has 2 aromatic carbocycles. The predicted molar refractivity (Wildman–Crippen MR) is 115 cm³/mol. The predicted octanol–water partition coefficient (Wildman–Crippen LogP) is 2.13. The third-order valence-corrected chi connectivity index (χ3v) is 7.07. The number of rotatable bonds is 3. The van der Waals surface area contributed by atoms with Crippen molar-refractivity contribution < 1.29 is 22.4 Å². The molecule has 0 radical (unpaired) electrons. The summed E-state index contributed by atoms with van der Waals surface area (Å²) in [6, 6.07) is 10.8. The van der Waals surface area contributed by atoms with Crippen molar-refractivity contribution in [3.05, 3.63) is 65.0 Å². The third-order valence-electron chi connectivity index (χ3n) is 5.80. The number of hydrogen-bond acceptors (Lipinski definition) is 4. The number of halogens is 1. The van der Waals surface area contributed by atoms with Gasteiger partial charge in [-0.2, -0.15) is 0 Å². The van der Waals surface area contributed by atoms with E-state index in [1.54, 1.807) is 34.1 Å². The number of hydrogen-bond donors (Lipinski definition) is 0. The normalized spacial score (nSPS) is 18.8. The highest BCUT2D eigenvalue weighted by Crippen LogP contribution is 2.35. The minimum atomic E-state index is -3.39. The van der Waals surface area contributed by atoms with Crippen LogP contribution >= 0.6 is 0 Å². The fourth-order valence-electron chi connectivity index (χ4n) is 4.34. The summed E-state index contributed by atoms with van der Waals surface area (Å²) in [5, 5.41) is 0. The van der Waals surface area contributed by atoms with Gasteiger partial charge >= 0.3 is 0 Å². The van der Waals surface area contributed by atoms with Crippen LogP contribution in [0.5, 0.6) is 0 Å². The van der Waals surface area contributed by atoms with Gasteiger partial charge in [-0.1, -0.05) is 12.1 Å². The largest absolute Gasteiger partial charge is 0.335 e. The van der Waals surface area contributed by atoms with Crippen LogP contribution in [-0.2, 0) is 16.4 Å². The number of sulfonamides is 1. The third kappa shape index (κ3) is 4.01. The molecule has 4 rings (SSSR count). The van der Waals surface area contributed by atoms with E-state index in [9.17, 15) is 22.4 Å². The second-order valence-corrected chi connectivity index (χ2v) is 9.88. The molecule has 7 nitrogen and oxygen atoms in total. The van der Waals surface area contributed by atoms with Crippen LogP contribution in [0.4, 0.5) is 10.1 Å². The molecule has 1 saturated heterocycles. The average Bonchev–Trinajstić information content (AvgIpc) is 3.08. The van der Waals surface area contributed by atoms with E-state index in [2.05, 4.69) is 0 Å². The first kappa shape index (κ1) is 21.3. The van der Waals surface area contributed by atoms with E-state index in [4.69, 9.17) is 0 Å². The molecule has 2 aliphatic heterocycles. The Balaban J connectivity index is 1.45. The van der Waals surface area contributed by atoms with Crippen LogP contribution < -0.4 is 4.31 Å². The van der Waals surface area contributed by atoms with Crippen LogP contribution in [-0.4, -0.2) is 68.5 Å². The van der Waals surface area contributed by atoms with Crippen LogP contribution in [0.15, 0.2) is 42.5 Å². The van der Waals surface area contributed by atoms with Crippen LogP contribution in [0.2, 0.25) is 0 Å². The van der Waals surface area contributed by atoms with E-state index in [1.165, 1.54) is 28.8 Å². The summed E-state index contributed by atoms with van der Waals surface area (Å²) in [4.78, 5) is 28.8. The van der Waals surface area contributed by atoms with Crippen molar-refractivity contribution in [2.45, 2.75) is 19.4 Å². The number of piperazine rings is 1. The molecule has 2 aliphatic rings. The molecule has 0 N–H and O–H groups in total. The van der Waals surface area contributed by atoms with E-state index < -0.39 is 15.8 Å². The molecule has 2 amide bonds. The van der Waals surface area contributed by atoms with Gasteiger partial charge in [-0.3, -0.25) is 13.9 Å². The zero-order chi connectivity index (χ0) is 22.3. The maximum atomic E-state index is 13.9. The Bertz CT molecular complexity index is 1140. The number of carbonyl (C=O) groups is 2. The molecule has 2 heterocycles. The van der Waals surface area contributed by atoms with Crippen molar-refractivity contribution in [3.63, 3.8) is 0 Å². The molecule has 1 unspecified atom stereocenters. The highest BCUT2D eigenvalue weighted by molar-refractivity contribution is 7.92. The Morgan fingerprint density at radius 2 is 1.58 bits per heavy atom. The monoisotopic (exact) mass is 445 g/mol. The van der Waals surface area contributed by atoms with Crippen molar-refractivity contribution >= 4 is 27.5 Å². The van der Waals surface area contributed by atoms with Gasteiger partial charge in [-0.15, -0.1) is 0 Å². The molecule has 164 valence electrons. The molecule has 0 saturated carbocycles. The number of amides is 2. The SMILES string of the molecule is CC1Cc2cc(C(=O)N3CCN(C(=O)c4ccccc4F)CC3)ccc2N1S(C)(=O)=O. The minimum absolute atomic E-state index is 0.0328. The van der Waals surface area contributed by atoms with Gasteiger partial charge in [0.05, 0.1) is 17.5 Å². The van der Waals surface area contributed by atoms with E-state index in [1.807, 2.05) is 6.92 Å². The maximum absolute atomic E-state index is 13.9. The van der Waals surface area contributed by atoms with Crippen LogP contribution in [0.1, 0.15) is 33.2 Å². The van der Waals surface area contributed by atoms with Crippen LogP contribution in [0.3, 0.4) is 0 Å². The summed E-state index contributed by atoms with van der Waals surface area (Å²) >= 11 is 0. The van der Waals surface area contributed by atoms with E-state index in [0.717, 1.165) is 5.56 Å². The van der Waals surface area contributed by atoms with Gasteiger partial charge in [0.2, 0.25) is 10.0 Å². The van der Waals surface area contributed by atoms with Crippen LogP contribution in [0.25, 0.3) is 0 Å². The Morgan fingerprint density at radius 3 is 2.19 bits per heavy atom. The fraction of sp³-hybridized carbons (Fsp3) is 0.364. The lowest BCUT2D eigenvalue weighted by Gasteiger charge is -2.35. The smallest absolute Gasteiger partial charge is 0.256 e. The summed E-state index contributed by atoms with van der Waals surface area (Å²) in [5.41, 5.74) is 1.98. The first-order chi connectivity index (χ1) is 14.7. The number of nitrogens with zero attached hydrogens (tertiary/aromatic N) is 3. The van der Waals surface area contributed by atoms with Gasteiger partial charge in [0.25, 0.3) is 11.8 Å². The lowest BCUT2D eigenvalue weighted by molar-refractivity contribution is 0.0533. The summed E-state index contributed by atoms with van der Waals surface area (Å²) in [5.74, 6) is -1.09. The van der Waals surface area contributed by atoms with E-state index >= 15 is 0 Å². The Morgan fingerprint density at radius 1 is 0.968 bits per heavy atom. The van der Waals surface area contributed by atoms with Gasteiger partial charge in [0.15, 0.2) is 0 Å². The fourth-order valence-corrected chi connectivity index (χ4v) is 5.61. The summed E-state index contributed by atoms with van der Waals surface area (Å²) in [6.45, 7) is 3.18. The van der Waals surface area contributed by atoms with Crippen molar-refractivity contribution in [1.82, 2.24) is 9.80 Å². The number of benzene rings is 2. The quantitative estimate of drug-likeness (QED) is 0.725. The van der Waals surface area contributed by atoms with Gasteiger partial charge in [0, 0.05) is 37.8 Å². The topological polar surface area (TPSA) is 78.0 Å². The molecule has 1 atom stereocenters. The molecule has 0 bridgehead atoms. The van der Waals surface area contributed by atoms with Gasteiger partial charge < -0.3 is 9.80 Å². The second-order valence-electron chi connectivity index (χ2n) is 8.02. The molecule has 9 heteroatoms. The van der Waals surface area contributed by atoms with Gasteiger partial charge in [-0.25, -0.2) is 12.8 Å². The zero-order valence-corrected chi connectivity index (χ0v) is 18.2. The number of carbonyl (C=O) groups excluding carboxylic acids is 2. The molecular weight excluding hydrogens is 421 g/mol. The molecule has 2 aromatic rings. The van der Waals surface area contributed by atoms with E-state index in [-0.39, 0.29) is 23.4 Å². The van der Waals surface area contributed by atoms with Crippen molar-refractivity contribution in [3.8, 4) is 0 Å². The second kappa shape index (κ2) is 7.96.